The predicted molar refractivity (Wildman–Crippen MR) is 115 cm³/mol. The Balaban J connectivity index is 1.82. The van der Waals surface area contributed by atoms with Gasteiger partial charge in [-0.05, 0) is 24.8 Å². The highest BCUT2D eigenvalue weighted by atomic mass is 32.2. The number of hydrogen-bond acceptors (Lipinski definition) is 8. The number of morpholine rings is 1. The molecule has 148 valence electrons. The third kappa shape index (κ3) is 3.35. The van der Waals surface area contributed by atoms with Crippen LogP contribution >= 0.6 is 11.8 Å². The summed E-state index contributed by atoms with van der Waals surface area (Å²) < 4.78 is 5.65. The minimum Gasteiger partial charge on any atom is -0.382 e. The van der Waals surface area contributed by atoms with Crippen molar-refractivity contribution in [3.05, 3.63) is 18.2 Å². The summed E-state index contributed by atoms with van der Waals surface area (Å²) in [5.74, 6) is 2.03. The number of nitrogens with zero attached hydrogens (tertiary/aromatic N) is 4. The monoisotopic (exact) mass is 399 g/mol. The fraction of sp³-hybridized carbons (Fsp3) is 0.421. The molecule has 0 spiro atoms. The van der Waals surface area contributed by atoms with Gasteiger partial charge >= 0.3 is 0 Å². The van der Waals surface area contributed by atoms with Gasteiger partial charge in [-0.1, -0.05) is 6.92 Å². The number of thioether (sulfide) groups is 1. The fourth-order valence-electron chi connectivity index (χ4n) is 3.59. The molecule has 0 radical (unpaired) electrons. The number of aromatic nitrogens is 4. The minimum absolute atomic E-state index is 0.317. The van der Waals surface area contributed by atoms with Gasteiger partial charge < -0.3 is 20.7 Å². The van der Waals surface area contributed by atoms with Crippen molar-refractivity contribution >= 4 is 40.2 Å². The zero-order valence-corrected chi connectivity index (χ0v) is 17.1. The smallest absolute Gasteiger partial charge is 0.224 e. The average Bonchev–Trinajstić information content (AvgIpc) is 3.13. The molecule has 1 fully saturated rings. The van der Waals surface area contributed by atoms with E-state index in [0.29, 0.717) is 24.4 Å². The maximum atomic E-state index is 6.03. The zero-order chi connectivity index (χ0) is 19.7. The predicted octanol–water partition coefficient (Wildman–Crippen LogP) is 2.98. The first-order valence-corrected chi connectivity index (χ1v) is 10.6. The van der Waals surface area contributed by atoms with Crippen LogP contribution in [0.2, 0.25) is 0 Å². The first kappa shape index (κ1) is 18.8. The Morgan fingerprint density at radius 1 is 1.36 bits per heavy atom. The topological polar surface area (TPSA) is 105 Å². The quantitative estimate of drug-likeness (QED) is 0.563. The van der Waals surface area contributed by atoms with Gasteiger partial charge in [0.15, 0.2) is 5.82 Å². The zero-order valence-electron chi connectivity index (χ0n) is 16.3. The highest BCUT2D eigenvalue weighted by molar-refractivity contribution is 7.98. The van der Waals surface area contributed by atoms with Crippen molar-refractivity contribution in [2.75, 3.05) is 49.0 Å². The lowest BCUT2D eigenvalue weighted by Gasteiger charge is -2.36. The summed E-state index contributed by atoms with van der Waals surface area (Å²) in [6.45, 7) is 4.43. The van der Waals surface area contributed by atoms with Crippen LogP contribution in [-0.2, 0) is 4.74 Å². The Bertz CT molecular complexity index is 990. The molecular weight excluding hydrogens is 374 g/mol. The number of benzene rings is 1. The van der Waals surface area contributed by atoms with Gasteiger partial charge in [0, 0.05) is 30.1 Å². The molecule has 2 aromatic heterocycles. The number of aromatic amines is 1. The third-order valence-corrected chi connectivity index (χ3v) is 5.86. The van der Waals surface area contributed by atoms with Gasteiger partial charge in [-0.3, -0.25) is 5.10 Å². The molecule has 4 rings (SSSR count). The van der Waals surface area contributed by atoms with Crippen molar-refractivity contribution in [3.8, 4) is 11.3 Å². The molecule has 0 aliphatic carbocycles. The van der Waals surface area contributed by atoms with Crippen molar-refractivity contribution in [2.45, 2.75) is 24.3 Å². The maximum absolute atomic E-state index is 6.03. The SMILES string of the molecule is CC[C@@H]1COCCN1c1cc(-c2cc(SC)c3c(N)n[nH]c3c2)nc(NC)n1. The molecule has 8 nitrogen and oxygen atoms in total. The number of nitrogens with one attached hydrogen (secondary N) is 2. The minimum atomic E-state index is 0.317. The van der Waals surface area contributed by atoms with Crippen LogP contribution in [-0.4, -0.2) is 59.3 Å². The van der Waals surface area contributed by atoms with Gasteiger partial charge in [-0.25, -0.2) is 4.98 Å². The van der Waals surface area contributed by atoms with E-state index >= 15 is 0 Å². The van der Waals surface area contributed by atoms with E-state index in [4.69, 9.17) is 20.4 Å². The van der Waals surface area contributed by atoms with Crippen LogP contribution in [0.25, 0.3) is 22.2 Å². The van der Waals surface area contributed by atoms with E-state index < -0.39 is 0 Å². The van der Waals surface area contributed by atoms with E-state index in [0.717, 1.165) is 52.4 Å². The molecule has 3 aromatic rings. The van der Waals surface area contributed by atoms with Crippen molar-refractivity contribution in [3.63, 3.8) is 0 Å². The first-order valence-electron chi connectivity index (χ1n) is 9.37. The van der Waals surface area contributed by atoms with Gasteiger partial charge in [0.05, 0.1) is 35.9 Å². The number of H-pyrrole nitrogens is 1. The van der Waals surface area contributed by atoms with Crippen molar-refractivity contribution in [1.29, 1.82) is 0 Å². The lowest BCUT2D eigenvalue weighted by molar-refractivity contribution is 0.0926. The lowest BCUT2D eigenvalue weighted by atomic mass is 10.1. The first-order chi connectivity index (χ1) is 13.6. The van der Waals surface area contributed by atoms with Gasteiger partial charge in [0.1, 0.15) is 5.82 Å². The van der Waals surface area contributed by atoms with Crippen LogP contribution in [0.5, 0.6) is 0 Å². The van der Waals surface area contributed by atoms with Gasteiger partial charge in [-0.15, -0.1) is 11.8 Å². The molecule has 1 aliphatic heterocycles. The Morgan fingerprint density at radius 2 is 2.21 bits per heavy atom. The molecule has 0 bridgehead atoms. The van der Waals surface area contributed by atoms with E-state index in [-0.39, 0.29) is 0 Å². The Labute approximate surface area is 168 Å². The number of hydrogen-bond donors (Lipinski definition) is 3. The average molecular weight is 400 g/mol. The Kier molecular flexibility index (Phi) is 5.27. The Morgan fingerprint density at radius 3 is 2.96 bits per heavy atom. The summed E-state index contributed by atoms with van der Waals surface area (Å²) in [4.78, 5) is 12.8. The summed E-state index contributed by atoms with van der Waals surface area (Å²) >= 11 is 1.65. The molecule has 28 heavy (non-hydrogen) atoms. The molecule has 1 aromatic carbocycles. The van der Waals surface area contributed by atoms with Crippen LogP contribution < -0.4 is 16.0 Å². The van der Waals surface area contributed by atoms with E-state index in [2.05, 4.69) is 39.5 Å². The summed E-state index contributed by atoms with van der Waals surface area (Å²) in [7, 11) is 1.84. The summed E-state index contributed by atoms with van der Waals surface area (Å²) in [6.07, 6.45) is 3.04. The molecule has 1 saturated heterocycles. The van der Waals surface area contributed by atoms with Crippen LogP contribution in [0, 0.1) is 0 Å². The normalized spacial score (nSPS) is 17.2. The second kappa shape index (κ2) is 7.84. The highest BCUT2D eigenvalue weighted by Crippen LogP contribution is 2.35. The molecule has 4 N–H and O–H groups in total. The number of rotatable bonds is 5. The molecular formula is C19H25N7OS. The molecule has 0 amide bonds. The van der Waals surface area contributed by atoms with E-state index in [1.165, 1.54) is 0 Å². The van der Waals surface area contributed by atoms with Crippen LogP contribution in [0.3, 0.4) is 0 Å². The van der Waals surface area contributed by atoms with Gasteiger partial charge in [-0.2, -0.15) is 10.1 Å². The van der Waals surface area contributed by atoms with E-state index in [9.17, 15) is 0 Å². The van der Waals surface area contributed by atoms with Crippen molar-refractivity contribution in [1.82, 2.24) is 20.2 Å². The fourth-order valence-corrected chi connectivity index (χ4v) is 4.25. The standard InChI is InChI=1S/C19H25N7OS/c1-4-12-10-27-6-5-26(12)16-9-13(22-19(21-2)23-16)11-7-14-17(15(8-11)28-3)18(20)25-24-14/h7-9,12H,4-6,10H2,1-3H3,(H3,20,24,25)(H,21,22,23)/t12-/m1/s1. The molecule has 1 atom stereocenters. The largest absolute Gasteiger partial charge is 0.382 e. The number of anilines is 3. The maximum Gasteiger partial charge on any atom is 0.224 e. The molecule has 3 heterocycles. The number of nitrogens with two attached hydrogens (primary N) is 1. The molecule has 0 saturated carbocycles. The van der Waals surface area contributed by atoms with Crippen molar-refractivity contribution < 1.29 is 4.74 Å². The summed E-state index contributed by atoms with van der Waals surface area (Å²) in [5, 5.41) is 11.2. The van der Waals surface area contributed by atoms with Crippen LogP contribution in [0.4, 0.5) is 17.6 Å². The van der Waals surface area contributed by atoms with E-state index in [1.807, 2.05) is 19.4 Å². The van der Waals surface area contributed by atoms with Crippen LogP contribution in [0.1, 0.15) is 13.3 Å². The number of nitrogen functional groups attached to an aromatic ring is 1. The molecule has 9 heteroatoms. The second-order valence-electron chi connectivity index (χ2n) is 6.73. The van der Waals surface area contributed by atoms with Crippen molar-refractivity contribution in [2.24, 2.45) is 0 Å². The Hall–Kier alpha value is -2.52. The molecule has 1 aliphatic rings. The highest BCUT2D eigenvalue weighted by Gasteiger charge is 2.24. The second-order valence-corrected chi connectivity index (χ2v) is 7.57. The van der Waals surface area contributed by atoms with E-state index in [1.54, 1.807) is 11.8 Å². The summed E-state index contributed by atoms with van der Waals surface area (Å²) in [6, 6.07) is 6.53. The van der Waals surface area contributed by atoms with Gasteiger partial charge in [0.2, 0.25) is 5.95 Å². The molecule has 0 unspecified atom stereocenters. The van der Waals surface area contributed by atoms with Gasteiger partial charge in [0.25, 0.3) is 0 Å². The lowest BCUT2D eigenvalue weighted by Crippen LogP contribution is -2.45. The third-order valence-electron chi connectivity index (χ3n) is 5.10. The number of ether oxygens (including phenoxy) is 1. The van der Waals surface area contributed by atoms with Crippen LogP contribution in [0.15, 0.2) is 23.1 Å². The number of fused-ring (bicyclic) bond motifs is 1. The summed E-state index contributed by atoms with van der Waals surface area (Å²) in [5.41, 5.74) is 8.80.